The lowest BCUT2D eigenvalue weighted by atomic mass is 9.97. The second-order valence-corrected chi connectivity index (χ2v) is 5.88. The molecule has 0 saturated heterocycles. The van der Waals surface area contributed by atoms with Crippen molar-refractivity contribution in [2.24, 2.45) is 0 Å². The van der Waals surface area contributed by atoms with E-state index in [-0.39, 0.29) is 18.6 Å². The molecule has 5 heteroatoms. The molecule has 1 saturated carbocycles. The van der Waals surface area contributed by atoms with Crippen molar-refractivity contribution in [3.05, 3.63) is 23.8 Å². The lowest BCUT2D eigenvalue weighted by Gasteiger charge is -2.21. The third kappa shape index (κ3) is 5.48. The topological polar surface area (TPSA) is 71.3 Å². The summed E-state index contributed by atoms with van der Waals surface area (Å²) in [5.74, 6) is 0.823. The van der Waals surface area contributed by atoms with E-state index >= 15 is 0 Å². The number of benzene rings is 1. The Balaban J connectivity index is 1.85. The van der Waals surface area contributed by atoms with Gasteiger partial charge in [0.15, 0.2) is 18.1 Å². The van der Waals surface area contributed by atoms with Crippen LogP contribution < -0.4 is 14.8 Å². The van der Waals surface area contributed by atoms with E-state index in [4.69, 9.17) is 14.7 Å². The molecule has 5 nitrogen and oxygen atoms in total. The van der Waals surface area contributed by atoms with Gasteiger partial charge in [0.2, 0.25) is 0 Å². The van der Waals surface area contributed by atoms with Gasteiger partial charge < -0.3 is 14.8 Å². The van der Waals surface area contributed by atoms with Gasteiger partial charge in [0.05, 0.1) is 18.7 Å². The number of rotatable bonds is 5. The minimum Gasteiger partial charge on any atom is -0.493 e. The molecule has 2 rings (SSSR count). The Bertz CT molecular complexity index is 558. The SMILES string of the molecule is COc1cc(C#N)ccc1OCC(=O)NC1CCCCCCC1. The summed E-state index contributed by atoms with van der Waals surface area (Å²) >= 11 is 0. The predicted octanol–water partition coefficient (Wildman–Crippen LogP) is 3.17. The van der Waals surface area contributed by atoms with Crippen LogP contribution in [0.3, 0.4) is 0 Å². The molecule has 0 heterocycles. The molecule has 0 aliphatic heterocycles. The van der Waals surface area contributed by atoms with Crippen molar-refractivity contribution in [1.29, 1.82) is 5.26 Å². The van der Waals surface area contributed by atoms with E-state index in [1.54, 1.807) is 18.2 Å². The molecular weight excluding hydrogens is 292 g/mol. The van der Waals surface area contributed by atoms with E-state index in [0.29, 0.717) is 17.1 Å². The number of nitrogens with zero attached hydrogens (tertiary/aromatic N) is 1. The smallest absolute Gasteiger partial charge is 0.258 e. The first-order valence-corrected chi connectivity index (χ1v) is 8.23. The number of carbonyl (C=O) groups excluding carboxylic acids is 1. The van der Waals surface area contributed by atoms with E-state index in [9.17, 15) is 4.79 Å². The van der Waals surface area contributed by atoms with E-state index in [0.717, 1.165) is 12.8 Å². The summed E-state index contributed by atoms with van der Waals surface area (Å²) in [6.07, 6.45) is 8.27. The molecule has 1 aromatic rings. The van der Waals surface area contributed by atoms with Gasteiger partial charge in [-0.05, 0) is 25.0 Å². The quantitative estimate of drug-likeness (QED) is 0.905. The maximum absolute atomic E-state index is 12.1. The van der Waals surface area contributed by atoms with Gasteiger partial charge in [0.25, 0.3) is 5.91 Å². The minimum atomic E-state index is -0.109. The number of nitriles is 1. The van der Waals surface area contributed by atoms with Crippen molar-refractivity contribution in [2.45, 2.75) is 51.0 Å². The van der Waals surface area contributed by atoms with E-state index in [1.165, 1.54) is 39.2 Å². The van der Waals surface area contributed by atoms with Crippen LogP contribution in [0.5, 0.6) is 11.5 Å². The Kier molecular flexibility index (Phi) is 6.74. The molecule has 1 aromatic carbocycles. The summed E-state index contributed by atoms with van der Waals surface area (Å²) in [7, 11) is 1.51. The molecule has 0 aromatic heterocycles. The number of carbonyl (C=O) groups is 1. The van der Waals surface area contributed by atoms with Gasteiger partial charge in [0, 0.05) is 12.1 Å². The van der Waals surface area contributed by atoms with Gasteiger partial charge in [0.1, 0.15) is 0 Å². The Morgan fingerprint density at radius 3 is 2.57 bits per heavy atom. The van der Waals surface area contributed by atoms with Gasteiger partial charge in [-0.2, -0.15) is 5.26 Å². The fourth-order valence-electron chi connectivity index (χ4n) is 2.87. The lowest BCUT2D eigenvalue weighted by Crippen LogP contribution is -2.38. The van der Waals surface area contributed by atoms with Crippen molar-refractivity contribution in [3.8, 4) is 17.6 Å². The maximum atomic E-state index is 12.1. The Labute approximate surface area is 137 Å². The van der Waals surface area contributed by atoms with E-state index < -0.39 is 0 Å². The highest BCUT2D eigenvalue weighted by Gasteiger charge is 2.15. The highest BCUT2D eigenvalue weighted by Crippen LogP contribution is 2.27. The summed E-state index contributed by atoms with van der Waals surface area (Å²) in [5.41, 5.74) is 0.494. The molecule has 124 valence electrons. The summed E-state index contributed by atoms with van der Waals surface area (Å²) < 4.78 is 10.7. The fraction of sp³-hybridized carbons (Fsp3) is 0.556. The number of amides is 1. The van der Waals surface area contributed by atoms with Crippen LogP contribution in [0, 0.1) is 11.3 Å². The molecule has 1 N–H and O–H groups in total. The van der Waals surface area contributed by atoms with Crippen LogP contribution in [0.15, 0.2) is 18.2 Å². The zero-order chi connectivity index (χ0) is 16.5. The summed E-state index contributed by atoms with van der Waals surface area (Å²) in [6.45, 7) is -0.0429. The number of nitrogens with one attached hydrogen (secondary N) is 1. The van der Waals surface area contributed by atoms with Crippen LogP contribution in [-0.2, 0) is 4.79 Å². The standard InChI is InChI=1S/C18H24N2O3/c1-22-17-11-14(12-19)9-10-16(17)23-13-18(21)20-15-7-5-3-2-4-6-8-15/h9-11,15H,2-8,13H2,1H3,(H,20,21). The average Bonchev–Trinajstić information content (AvgIpc) is 2.55. The predicted molar refractivity (Wildman–Crippen MR) is 87.5 cm³/mol. The van der Waals surface area contributed by atoms with Gasteiger partial charge in [-0.1, -0.05) is 32.1 Å². The number of methoxy groups -OCH3 is 1. The van der Waals surface area contributed by atoms with Gasteiger partial charge >= 0.3 is 0 Å². The average molecular weight is 316 g/mol. The van der Waals surface area contributed by atoms with Crippen LogP contribution in [0.2, 0.25) is 0 Å². The summed E-state index contributed by atoms with van der Waals surface area (Å²) in [6, 6.07) is 7.20. The van der Waals surface area contributed by atoms with Gasteiger partial charge in [-0.25, -0.2) is 0 Å². The maximum Gasteiger partial charge on any atom is 0.258 e. The second-order valence-electron chi connectivity index (χ2n) is 5.88. The van der Waals surface area contributed by atoms with Crippen molar-refractivity contribution >= 4 is 5.91 Å². The van der Waals surface area contributed by atoms with Crippen LogP contribution >= 0.6 is 0 Å². The summed E-state index contributed by atoms with van der Waals surface area (Å²) in [5, 5.41) is 11.9. The largest absolute Gasteiger partial charge is 0.493 e. The number of ether oxygens (including phenoxy) is 2. The molecule has 1 aliphatic rings. The first kappa shape index (κ1) is 17.1. The lowest BCUT2D eigenvalue weighted by molar-refractivity contribution is -0.123. The molecule has 1 fully saturated rings. The van der Waals surface area contributed by atoms with Crippen molar-refractivity contribution in [3.63, 3.8) is 0 Å². The second kappa shape index (κ2) is 9.04. The molecule has 0 unspecified atom stereocenters. The highest BCUT2D eigenvalue weighted by atomic mass is 16.5. The summed E-state index contributed by atoms with van der Waals surface area (Å²) in [4.78, 5) is 12.1. The van der Waals surface area contributed by atoms with Crippen molar-refractivity contribution < 1.29 is 14.3 Å². The van der Waals surface area contributed by atoms with E-state index in [1.807, 2.05) is 6.07 Å². The Morgan fingerprint density at radius 1 is 1.22 bits per heavy atom. The van der Waals surface area contributed by atoms with Crippen LogP contribution in [0.25, 0.3) is 0 Å². The molecule has 23 heavy (non-hydrogen) atoms. The molecule has 0 radical (unpaired) electrons. The van der Waals surface area contributed by atoms with Crippen molar-refractivity contribution in [2.75, 3.05) is 13.7 Å². The third-order valence-electron chi connectivity index (χ3n) is 4.12. The normalized spacial score (nSPS) is 15.8. The van der Waals surface area contributed by atoms with Crippen LogP contribution in [-0.4, -0.2) is 25.7 Å². The van der Waals surface area contributed by atoms with Crippen molar-refractivity contribution in [1.82, 2.24) is 5.32 Å². The zero-order valence-electron chi connectivity index (χ0n) is 13.6. The van der Waals surface area contributed by atoms with Gasteiger partial charge in [-0.3, -0.25) is 4.79 Å². The Hall–Kier alpha value is -2.22. The van der Waals surface area contributed by atoms with Gasteiger partial charge in [-0.15, -0.1) is 0 Å². The number of hydrogen-bond acceptors (Lipinski definition) is 4. The minimum absolute atomic E-state index is 0.0429. The molecule has 0 atom stereocenters. The Morgan fingerprint density at radius 2 is 1.91 bits per heavy atom. The van der Waals surface area contributed by atoms with E-state index in [2.05, 4.69) is 5.32 Å². The van der Waals surface area contributed by atoms with Crippen LogP contribution in [0.4, 0.5) is 0 Å². The molecule has 1 aliphatic carbocycles. The fourth-order valence-corrected chi connectivity index (χ4v) is 2.87. The molecular formula is C18H24N2O3. The first-order chi connectivity index (χ1) is 11.2. The molecule has 0 spiro atoms. The molecule has 0 bridgehead atoms. The monoisotopic (exact) mass is 316 g/mol. The molecule has 1 amide bonds. The number of hydrogen-bond donors (Lipinski definition) is 1. The zero-order valence-corrected chi connectivity index (χ0v) is 13.6. The third-order valence-corrected chi connectivity index (χ3v) is 4.12. The highest BCUT2D eigenvalue weighted by molar-refractivity contribution is 5.78. The first-order valence-electron chi connectivity index (χ1n) is 8.23. The van der Waals surface area contributed by atoms with Crippen LogP contribution in [0.1, 0.15) is 50.5 Å².